The van der Waals surface area contributed by atoms with Gasteiger partial charge in [0.2, 0.25) is 0 Å². The summed E-state index contributed by atoms with van der Waals surface area (Å²) in [7, 11) is 1.61. The van der Waals surface area contributed by atoms with Crippen molar-refractivity contribution in [2.75, 3.05) is 19.0 Å². The van der Waals surface area contributed by atoms with Crippen LogP contribution >= 0.6 is 0 Å². The lowest BCUT2D eigenvalue weighted by atomic mass is 10.1. The van der Waals surface area contributed by atoms with E-state index in [-0.39, 0.29) is 5.56 Å². The van der Waals surface area contributed by atoms with E-state index in [4.69, 9.17) is 9.84 Å². The lowest BCUT2D eigenvalue weighted by Gasteiger charge is -2.10. The number of carbonyl (C=O) groups is 1. The van der Waals surface area contributed by atoms with Gasteiger partial charge in [-0.1, -0.05) is 12.1 Å². The number of anilines is 1. The van der Waals surface area contributed by atoms with Gasteiger partial charge in [-0.3, -0.25) is 0 Å². The fourth-order valence-corrected chi connectivity index (χ4v) is 2.02. The number of ether oxygens (including phenoxy) is 1. The van der Waals surface area contributed by atoms with Crippen LogP contribution in [0.2, 0.25) is 0 Å². The SMILES string of the molecule is COc1cccc(CCNc2ccc(F)cc2C(=O)O)c1. The van der Waals surface area contributed by atoms with Crippen LogP contribution in [0, 0.1) is 5.82 Å². The molecule has 0 atom stereocenters. The molecule has 0 saturated heterocycles. The zero-order valence-electron chi connectivity index (χ0n) is 11.6. The summed E-state index contributed by atoms with van der Waals surface area (Å²) >= 11 is 0. The van der Waals surface area contributed by atoms with Gasteiger partial charge in [0.05, 0.1) is 12.7 Å². The molecular formula is C16H16FNO3. The van der Waals surface area contributed by atoms with Gasteiger partial charge in [-0.15, -0.1) is 0 Å². The Balaban J connectivity index is 2.01. The van der Waals surface area contributed by atoms with Crippen molar-refractivity contribution in [1.29, 1.82) is 0 Å². The number of benzene rings is 2. The van der Waals surface area contributed by atoms with E-state index in [0.29, 0.717) is 18.7 Å². The molecule has 0 aliphatic heterocycles. The summed E-state index contributed by atoms with van der Waals surface area (Å²) in [6, 6.07) is 11.3. The number of halogens is 1. The number of nitrogens with one attached hydrogen (secondary N) is 1. The third kappa shape index (κ3) is 3.95. The summed E-state index contributed by atoms with van der Waals surface area (Å²) in [4.78, 5) is 11.1. The Hall–Kier alpha value is -2.56. The molecule has 4 nitrogen and oxygen atoms in total. The predicted octanol–water partition coefficient (Wildman–Crippen LogP) is 3.19. The Labute approximate surface area is 122 Å². The van der Waals surface area contributed by atoms with Crippen LogP contribution in [0.3, 0.4) is 0 Å². The largest absolute Gasteiger partial charge is 0.497 e. The smallest absolute Gasteiger partial charge is 0.337 e. The minimum atomic E-state index is -1.15. The van der Waals surface area contributed by atoms with Crippen molar-refractivity contribution in [2.24, 2.45) is 0 Å². The number of hydrogen-bond acceptors (Lipinski definition) is 3. The van der Waals surface area contributed by atoms with Crippen LogP contribution in [0.1, 0.15) is 15.9 Å². The Morgan fingerprint density at radius 3 is 2.81 bits per heavy atom. The molecule has 21 heavy (non-hydrogen) atoms. The van der Waals surface area contributed by atoms with Crippen molar-refractivity contribution < 1.29 is 19.0 Å². The highest BCUT2D eigenvalue weighted by Gasteiger charge is 2.10. The standard InChI is InChI=1S/C16H16FNO3/c1-21-13-4-2-3-11(9-13)7-8-18-15-6-5-12(17)10-14(15)16(19)20/h2-6,9-10,18H,7-8H2,1H3,(H,19,20). The predicted molar refractivity (Wildman–Crippen MR) is 78.5 cm³/mol. The highest BCUT2D eigenvalue weighted by atomic mass is 19.1. The number of methoxy groups -OCH3 is 1. The molecule has 2 N–H and O–H groups in total. The van der Waals surface area contributed by atoms with Crippen LogP contribution in [0.5, 0.6) is 5.75 Å². The van der Waals surface area contributed by atoms with Gasteiger partial charge < -0.3 is 15.2 Å². The molecule has 0 aromatic heterocycles. The molecule has 110 valence electrons. The normalized spacial score (nSPS) is 10.2. The molecule has 0 amide bonds. The highest BCUT2D eigenvalue weighted by Crippen LogP contribution is 2.18. The summed E-state index contributed by atoms with van der Waals surface area (Å²) in [5, 5.41) is 12.1. The second-order valence-corrected chi connectivity index (χ2v) is 4.52. The molecule has 0 radical (unpaired) electrons. The van der Waals surface area contributed by atoms with Gasteiger partial charge in [-0.25, -0.2) is 9.18 Å². The second kappa shape index (κ2) is 6.74. The molecule has 0 heterocycles. The van der Waals surface area contributed by atoms with Crippen molar-refractivity contribution in [3.63, 3.8) is 0 Å². The van der Waals surface area contributed by atoms with Crippen LogP contribution in [0.4, 0.5) is 10.1 Å². The van der Waals surface area contributed by atoms with Gasteiger partial charge in [0.1, 0.15) is 11.6 Å². The Kier molecular flexibility index (Phi) is 4.77. The van der Waals surface area contributed by atoms with Crippen LogP contribution in [-0.4, -0.2) is 24.7 Å². The van der Waals surface area contributed by atoms with E-state index in [0.717, 1.165) is 17.4 Å². The zero-order valence-corrected chi connectivity index (χ0v) is 11.6. The molecule has 5 heteroatoms. The monoisotopic (exact) mass is 289 g/mol. The number of aromatic carboxylic acids is 1. The first kappa shape index (κ1) is 14.8. The summed E-state index contributed by atoms with van der Waals surface area (Å²) < 4.78 is 18.2. The van der Waals surface area contributed by atoms with Crippen LogP contribution in [0.25, 0.3) is 0 Å². The van der Waals surface area contributed by atoms with Crippen LogP contribution in [-0.2, 0) is 6.42 Å². The lowest BCUT2D eigenvalue weighted by molar-refractivity contribution is 0.0697. The summed E-state index contributed by atoms with van der Waals surface area (Å²) in [5.74, 6) is -0.940. The lowest BCUT2D eigenvalue weighted by Crippen LogP contribution is -2.10. The van der Waals surface area contributed by atoms with Crippen molar-refractivity contribution in [2.45, 2.75) is 6.42 Å². The zero-order chi connectivity index (χ0) is 15.2. The maximum atomic E-state index is 13.1. The van der Waals surface area contributed by atoms with Crippen LogP contribution < -0.4 is 10.1 Å². The summed E-state index contributed by atoms with van der Waals surface area (Å²) in [6.07, 6.45) is 0.702. The maximum Gasteiger partial charge on any atom is 0.337 e. The summed E-state index contributed by atoms with van der Waals surface area (Å²) in [5.41, 5.74) is 1.41. The van der Waals surface area contributed by atoms with E-state index in [9.17, 15) is 9.18 Å². The third-order valence-corrected chi connectivity index (χ3v) is 3.08. The molecule has 0 aliphatic carbocycles. The van der Waals surface area contributed by atoms with E-state index in [1.165, 1.54) is 12.1 Å². The quantitative estimate of drug-likeness (QED) is 0.857. The van der Waals surface area contributed by atoms with E-state index in [1.807, 2.05) is 24.3 Å². The number of hydrogen-bond donors (Lipinski definition) is 2. The topological polar surface area (TPSA) is 58.6 Å². The minimum absolute atomic E-state index is 0.0688. The van der Waals surface area contributed by atoms with Gasteiger partial charge in [0, 0.05) is 12.2 Å². The average Bonchev–Trinajstić information content (AvgIpc) is 2.48. The molecule has 0 saturated carbocycles. The van der Waals surface area contributed by atoms with Crippen molar-refractivity contribution in [3.05, 3.63) is 59.4 Å². The maximum absolute atomic E-state index is 13.1. The Morgan fingerprint density at radius 1 is 1.29 bits per heavy atom. The van der Waals surface area contributed by atoms with Crippen molar-refractivity contribution in [1.82, 2.24) is 0 Å². The molecular weight excluding hydrogens is 273 g/mol. The first-order valence-electron chi connectivity index (χ1n) is 6.50. The fourth-order valence-electron chi connectivity index (χ4n) is 2.02. The number of carboxylic acids is 1. The molecule has 0 bridgehead atoms. The molecule has 2 aromatic carbocycles. The first-order valence-corrected chi connectivity index (χ1v) is 6.50. The Bertz CT molecular complexity index is 643. The van der Waals surface area contributed by atoms with Crippen molar-refractivity contribution >= 4 is 11.7 Å². The first-order chi connectivity index (χ1) is 10.1. The highest BCUT2D eigenvalue weighted by molar-refractivity contribution is 5.94. The Morgan fingerprint density at radius 2 is 2.10 bits per heavy atom. The minimum Gasteiger partial charge on any atom is -0.497 e. The van der Waals surface area contributed by atoms with Crippen LogP contribution in [0.15, 0.2) is 42.5 Å². The average molecular weight is 289 g/mol. The van der Waals surface area contributed by atoms with Gasteiger partial charge in [0.15, 0.2) is 0 Å². The molecule has 0 spiro atoms. The molecule has 2 rings (SSSR count). The number of rotatable bonds is 6. The molecule has 0 fully saturated rings. The van der Waals surface area contributed by atoms with Gasteiger partial charge >= 0.3 is 5.97 Å². The molecule has 0 aliphatic rings. The van der Waals surface area contributed by atoms with Crippen molar-refractivity contribution in [3.8, 4) is 5.75 Å². The van der Waals surface area contributed by atoms with Gasteiger partial charge in [-0.2, -0.15) is 0 Å². The van der Waals surface area contributed by atoms with E-state index >= 15 is 0 Å². The van der Waals surface area contributed by atoms with E-state index < -0.39 is 11.8 Å². The van der Waals surface area contributed by atoms with Gasteiger partial charge in [-0.05, 0) is 42.3 Å². The fraction of sp³-hybridized carbons (Fsp3) is 0.188. The third-order valence-electron chi connectivity index (χ3n) is 3.08. The number of carboxylic acid groups (broad SMARTS) is 1. The molecule has 2 aromatic rings. The summed E-state index contributed by atoms with van der Waals surface area (Å²) in [6.45, 7) is 0.541. The van der Waals surface area contributed by atoms with E-state index in [2.05, 4.69) is 5.32 Å². The molecule has 0 unspecified atom stereocenters. The second-order valence-electron chi connectivity index (χ2n) is 4.52. The van der Waals surface area contributed by atoms with Gasteiger partial charge in [0.25, 0.3) is 0 Å². The van der Waals surface area contributed by atoms with E-state index in [1.54, 1.807) is 7.11 Å².